The van der Waals surface area contributed by atoms with E-state index in [1.807, 2.05) is 69.3 Å². The third-order valence-electron chi connectivity index (χ3n) is 4.65. The average Bonchev–Trinajstić information content (AvgIpc) is 2.78. The Labute approximate surface area is 142 Å². The molecule has 1 unspecified atom stereocenters. The number of amides is 2. The lowest BCUT2D eigenvalue weighted by Gasteiger charge is -2.16. The molecule has 124 valence electrons. The van der Waals surface area contributed by atoms with E-state index in [-0.39, 0.29) is 17.7 Å². The van der Waals surface area contributed by atoms with Gasteiger partial charge in [0.2, 0.25) is 11.8 Å². The van der Waals surface area contributed by atoms with Crippen LogP contribution in [0.25, 0.3) is 0 Å². The van der Waals surface area contributed by atoms with Gasteiger partial charge in [-0.05, 0) is 49.1 Å². The van der Waals surface area contributed by atoms with E-state index in [0.29, 0.717) is 6.42 Å². The molecule has 24 heavy (non-hydrogen) atoms. The number of rotatable bonds is 4. The standard InChI is InChI=1S/C20H22N2O2/c1-13(14-7-5-4-6-8-14)11-18(23)21-15-9-10-17-16(12-15)20(2,3)19(24)22-17/h4-10,12-13H,11H2,1-3H3,(H,21,23)(H,22,24). The molecule has 0 saturated carbocycles. The van der Waals surface area contributed by atoms with Crippen LogP contribution >= 0.6 is 0 Å². The predicted octanol–water partition coefficient (Wildman–Crippen LogP) is 4.05. The van der Waals surface area contributed by atoms with Crippen LogP contribution in [-0.2, 0) is 15.0 Å². The second-order valence-corrected chi connectivity index (χ2v) is 6.90. The molecule has 2 aromatic rings. The molecule has 0 saturated heterocycles. The van der Waals surface area contributed by atoms with Crippen molar-refractivity contribution in [1.82, 2.24) is 0 Å². The summed E-state index contributed by atoms with van der Waals surface area (Å²) in [6, 6.07) is 15.6. The van der Waals surface area contributed by atoms with Crippen LogP contribution in [0.1, 0.15) is 44.2 Å². The molecule has 0 spiro atoms. The smallest absolute Gasteiger partial charge is 0.234 e. The van der Waals surface area contributed by atoms with E-state index in [9.17, 15) is 9.59 Å². The third-order valence-corrected chi connectivity index (χ3v) is 4.65. The van der Waals surface area contributed by atoms with E-state index in [1.165, 1.54) is 0 Å². The number of hydrogen-bond acceptors (Lipinski definition) is 2. The van der Waals surface area contributed by atoms with Crippen molar-refractivity contribution in [2.24, 2.45) is 0 Å². The van der Waals surface area contributed by atoms with Gasteiger partial charge in [0.1, 0.15) is 0 Å². The fourth-order valence-corrected chi connectivity index (χ4v) is 3.04. The van der Waals surface area contributed by atoms with Crippen LogP contribution < -0.4 is 10.6 Å². The molecular formula is C20H22N2O2. The third kappa shape index (κ3) is 3.04. The minimum absolute atomic E-state index is 0.0151. The highest BCUT2D eigenvalue weighted by atomic mass is 16.2. The molecule has 2 N–H and O–H groups in total. The topological polar surface area (TPSA) is 58.2 Å². The van der Waals surface area contributed by atoms with Crippen LogP contribution in [0.3, 0.4) is 0 Å². The van der Waals surface area contributed by atoms with Gasteiger partial charge in [0.15, 0.2) is 0 Å². The molecular weight excluding hydrogens is 300 g/mol. The molecule has 4 heteroatoms. The molecule has 0 aromatic heterocycles. The van der Waals surface area contributed by atoms with Crippen LogP contribution in [-0.4, -0.2) is 11.8 Å². The summed E-state index contributed by atoms with van der Waals surface area (Å²) in [4.78, 5) is 24.3. The van der Waals surface area contributed by atoms with Gasteiger partial charge in [0.25, 0.3) is 0 Å². The second kappa shape index (κ2) is 6.11. The Bertz CT molecular complexity index is 781. The highest BCUT2D eigenvalue weighted by Crippen LogP contribution is 2.38. The highest BCUT2D eigenvalue weighted by Gasteiger charge is 2.38. The van der Waals surface area contributed by atoms with Crippen molar-refractivity contribution in [2.45, 2.75) is 38.5 Å². The minimum atomic E-state index is -0.576. The largest absolute Gasteiger partial charge is 0.326 e. The van der Waals surface area contributed by atoms with Crippen LogP contribution in [0.2, 0.25) is 0 Å². The van der Waals surface area contributed by atoms with Gasteiger partial charge in [0.05, 0.1) is 5.41 Å². The van der Waals surface area contributed by atoms with Gasteiger partial charge in [0, 0.05) is 17.8 Å². The van der Waals surface area contributed by atoms with E-state index in [1.54, 1.807) is 0 Å². The summed E-state index contributed by atoms with van der Waals surface area (Å²) in [6.07, 6.45) is 0.418. The van der Waals surface area contributed by atoms with Crippen LogP contribution in [0.4, 0.5) is 11.4 Å². The number of carbonyl (C=O) groups excluding carboxylic acids is 2. The van der Waals surface area contributed by atoms with E-state index in [2.05, 4.69) is 10.6 Å². The Hall–Kier alpha value is -2.62. The first-order valence-electron chi connectivity index (χ1n) is 8.18. The number of fused-ring (bicyclic) bond motifs is 1. The highest BCUT2D eigenvalue weighted by molar-refractivity contribution is 6.06. The lowest BCUT2D eigenvalue weighted by atomic mass is 9.86. The second-order valence-electron chi connectivity index (χ2n) is 6.90. The number of carbonyl (C=O) groups is 2. The SMILES string of the molecule is CC(CC(=O)Nc1ccc2c(c1)C(C)(C)C(=O)N2)c1ccccc1. The van der Waals surface area contributed by atoms with Gasteiger partial charge < -0.3 is 10.6 Å². The fraction of sp³-hybridized carbons (Fsp3) is 0.300. The summed E-state index contributed by atoms with van der Waals surface area (Å²) >= 11 is 0. The first-order chi connectivity index (χ1) is 11.4. The fourth-order valence-electron chi connectivity index (χ4n) is 3.04. The average molecular weight is 322 g/mol. The molecule has 2 aromatic carbocycles. The normalized spacial score (nSPS) is 16.2. The number of benzene rings is 2. The molecule has 1 aliphatic heterocycles. The zero-order valence-electron chi connectivity index (χ0n) is 14.2. The van der Waals surface area contributed by atoms with Gasteiger partial charge in [-0.25, -0.2) is 0 Å². The molecule has 0 bridgehead atoms. The Morgan fingerprint density at radius 1 is 1.17 bits per heavy atom. The molecule has 3 rings (SSSR count). The van der Waals surface area contributed by atoms with E-state index in [4.69, 9.17) is 0 Å². The minimum Gasteiger partial charge on any atom is -0.326 e. The van der Waals surface area contributed by atoms with Crippen LogP contribution in [0.15, 0.2) is 48.5 Å². The van der Waals surface area contributed by atoms with Gasteiger partial charge >= 0.3 is 0 Å². The Balaban J connectivity index is 1.70. The molecule has 1 heterocycles. The van der Waals surface area contributed by atoms with Gasteiger partial charge in [-0.2, -0.15) is 0 Å². The Kier molecular flexibility index (Phi) is 4.14. The van der Waals surface area contributed by atoms with E-state index >= 15 is 0 Å². The first kappa shape index (κ1) is 16.2. The summed E-state index contributed by atoms with van der Waals surface area (Å²) in [5.74, 6) is 0.111. The quantitative estimate of drug-likeness (QED) is 0.892. The molecule has 1 aliphatic rings. The monoisotopic (exact) mass is 322 g/mol. The molecule has 0 aliphatic carbocycles. The molecule has 1 atom stereocenters. The molecule has 0 fully saturated rings. The first-order valence-corrected chi connectivity index (χ1v) is 8.18. The van der Waals surface area contributed by atoms with Crippen molar-refractivity contribution >= 4 is 23.2 Å². The zero-order valence-corrected chi connectivity index (χ0v) is 14.2. The predicted molar refractivity (Wildman–Crippen MR) is 96.2 cm³/mol. The maximum atomic E-state index is 12.3. The van der Waals surface area contributed by atoms with E-state index < -0.39 is 5.41 Å². The van der Waals surface area contributed by atoms with Gasteiger partial charge in [-0.1, -0.05) is 37.3 Å². The number of nitrogens with one attached hydrogen (secondary N) is 2. The number of anilines is 2. The summed E-state index contributed by atoms with van der Waals surface area (Å²) < 4.78 is 0. The van der Waals surface area contributed by atoms with E-state index in [0.717, 1.165) is 22.5 Å². The van der Waals surface area contributed by atoms with Crippen molar-refractivity contribution in [2.75, 3.05) is 10.6 Å². The molecule has 0 radical (unpaired) electrons. The molecule has 4 nitrogen and oxygen atoms in total. The van der Waals surface area contributed by atoms with Crippen molar-refractivity contribution in [1.29, 1.82) is 0 Å². The summed E-state index contributed by atoms with van der Waals surface area (Å²) in [7, 11) is 0. The van der Waals surface area contributed by atoms with Crippen molar-refractivity contribution in [3.8, 4) is 0 Å². The van der Waals surface area contributed by atoms with Crippen molar-refractivity contribution < 1.29 is 9.59 Å². The van der Waals surface area contributed by atoms with Gasteiger partial charge in [-0.15, -0.1) is 0 Å². The maximum absolute atomic E-state index is 12.3. The lowest BCUT2D eigenvalue weighted by Crippen LogP contribution is -2.27. The van der Waals surface area contributed by atoms with Crippen LogP contribution in [0.5, 0.6) is 0 Å². The maximum Gasteiger partial charge on any atom is 0.234 e. The summed E-state index contributed by atoms with van der Waals surface area (Å²) in [5, 5.41) is 5.82. The van der Waals surface area contributed by atoms with Gasteiger partial charge in [-0.3, -0.25) is 9.59 Å². The van der Waals surface area contributed by atoms with Crippen molar-refractivity contribution in [3.05, 3.63) is 59.7 Å². The Morgan fingerprint density at radius 2 is 1.88 bits per heavy atom. The number of hydrogen-bond donors (Lipinski definition) is 2. The zero-order chi connectivity index (χ0) is 17.3. The summed E-state index contributed by atoms with van der Waals surface area (Å²) in [6.45, 7) is 5.82. The lowest BCUT2D eigenvalue weighted by molar-refractivity contribution is -0.119. The summed E-state index contributed by atoms with van der Waals surface area (Å²) in [5.41, 5.74) is 3.04. The Morgan fingerprint density at radius 3 is 2.58 bits per heavy atom. The molecule has 2 amide bonds. The van der Waals surface area contributed by atoms with Crippen LogP contribution in [0, 0.1) is 0 Å². The van der Waals surface area contributed by atoms with Crippen molar-refractivity contribution in [3.63, 3.8) is 0 Å².